The van der Waals surface area contributed by atoms with Gasteiger partial charge in [0.2, 0.25) is 11.8 Å². The molecule has 2 amide bonds. The number of rotatable bonds is 7. The fraction of sp³-hybridized carbons (Fsp3) is 0.300. The second-order valence-electron chi connectivity index (χ2n) is 6.52. The topological polar surface area (TPSA) is 118 Å². The Labute approximate surface area is 153 Å². The van der Waals surface area contributed by atoms with Crippen molar-refractivity contribution in [3.63, 3.8) is 0 Å². The first kappa shape index (κ1) is 19.5. The van der Waals surface area contributed by atoms with Gasteiger partial charge in [-0.1, -0.05) is 30.3 Å². The summed E-state index contributed by atoms with van der Waals surface area (Å²) in [5.41, 5.74) is 15.0. The minimum absolute atomic E-state index is 0.179. The first-order valence-corrected chi connectivity index (χ1v) is 8.46. The molecule has 0 fully saturated rings. The van der Waals surface area contributed by atoms with Crippen molar-refractivity contribution in [2.24, 2.45) is 11.5 Å². The molecule has 0 aliphatic rings. The average Bonchev–Trinajstić information content (AvgIpc) is 2.58. The van der Waals surface area contributed by atoms with Crippen LogP contribution >= 0.6 is 0 Å². The smallest absolute Gasteiger partial charge is 0.240 e. The third-order valence-corrected chi connectivity index (χ3v) is 4.38. The monoisotopic (exact) mass is 355 g/mol. The predicted octanol–water partition coefficient (Wildman–Crippen LogP) is 1.09. The first-order valence-electron chi connectivity index (χ1n) is 8.46. The van der Waals surface area contributed by atoms with Crippen molar-refractivity contribution >= 4 is 11.8 Å². The Balaban J connectivity index is 2.06. The van der Waals surface area contributed by atoms with Gasteiger partial charge in [0.05, 0.1) is 6.04 Å². The van der Waals surface area contributed by atoms with E-state index in [4.69, 9.17) is 11.5 Å². The van der Waals surface area contributed by atoms with Gasteiger partial charge in [-0.25, -0.2) is 0 Å². The lowest BCUT2D eigenvalue weighted by Gasteiger charge is -2.20. The molecule has 2 atom stereocenters. The molecule has 0 spiro atoms. The third-order valence-electron chi connectivity index (χ3n) is 4.38. The van der Waals surface area contributed by atoms with Crippen LogP contribution in [0.4, 0.5) is 0 Å². The Bertz CT molecular complexity index is 767. The molecule has 6 N–H and O–H groups in total. The Kier molecular flexibility index (Phi) is 6.36. The van der Waals surface area contributed by atoms with Crippen LogP contribution in [0.1, 0.15) is 22.3 Å². The second kappa shape index (κ2) is 8.49. The lowest BCUT2D eigenvalue weighted by atomic mass is 9.95. The van der Waals surface area contributed by atoms with Crippen molar-refractivity contribution in [2.75, 3.05) is 0 Å². The quantitative estimate of drug-likeness (QED) is 0.594. The zero-order valence-corrected chi connectivity index (χ0v) is 15.0. The van der Waals surface area contributed by atoms with Crippen molar-refractivity contribution in [3.8, 4) is 5.75 Å². The molecule has 0 unspecified atom stereocenters. The van der Waals surface area contributed by atoms with E-state index in [2.05, 4.69) is 5.32 Å². The number of hydrogen-bond donors (Lipinski definition) is 4. The summed E-state index contributed by atoms with van der Waals surface area (Å²) in [5.74, 6) is -0.860. The number of amides is 2. The van der Waals surface area contributed by atoms with Crippen LogP contribution in [0, 0.1) is 13.8 Å². The summed E-state index contributed by atoms with van der Waals surface area (Å²) < 4.78 is 0. The maximum absolute atomic E-state index is 12.4. The van der Waals surface area contributed by atoms with E-state index in [0.717, 1.165) is 22.3 Å². The summed E-state index contributed by atoms with van der Waals surface area (Å²) in [4.78, 5) is 24.2. The van der Waals surface area contributed by atoms with E-state index in [1.807, 2.05) is 44.2 Å². The number of hydrogen-bond acceptors (Lipinski definition) is 4. The van der Waals surface area contributed by atoms with Crippen LogP contribution in [0.25, 0.3) is 0 Å². The van der Waals surface area contributed by atoms with Crippen molar-refractivity contribution < 1.29 is 14.7 Å². The fourth-order valence-corrected chi connectivity index (χ4v) is 2.96. The SMILES string of the molecule is Cc1cc(O)cc(C)c1C[C@@H](N)C(=O)N[C@@H](Cc1ccccc1)C(N)=O. The van der Waals surface area contributed by atoms with Crippen LogP contribution in [0.5, 0.6) is 5.75 Å². The van der Waals surface area contributed by atoms with Crippen LogP contribution in [0.3, 0.4) is 0 Å². The number of carbonyl (C=O) groups excluding carboxylic acids is 2. The Morgan fingerprint density at radius 2 is 1.65 bits per heavy atom. The molecule has 0 saturated heterocycles. The Hall–Kier alpha value is -2.86. The van der Waals surface area contributed by atoms with Crippen molar-refractivity contribution in [3.05, 3.63) is 64.7 Å². The van der Waals surface area contributed by atoms with Crippen LogP contribution < -0.4 is 16.8 Å². The molecule has 0 heterocycles. The normalized spacial score (nSPS) is 13.0. The van der Waals surface area contributed by atoms with Gasteiger partial charge in [0.1, 0.15) is 11.8 Å². The fourth-order valence-electron chi connectivity index (χ4n) is 2.96. The van der Waals surface area contributed by atoms with E-state index in [9.17, 15) is 14.7 Å². The Morgan fingerprint density at radius 1 is 1.08 bits per heavy atom. The minimum Gasteiger partial charge on any atom is -0.508 e. The molecule has 0 aliphatic carbocycles. The summed E-state index contributed by atoms with van der Waals surface area (Å²) in [6, 6.07) is 10.9. The number of primary amides is 1. The van der Waals surface area contributed by atoms with Gasteiger partial charge in [0, 0.05) is 6.42 Å². The molecule has 2 aromatic carbocycles. The number of nitrogens with two attached hydrogens (primary N) is 2. The van der Waals surface area contributed by atoms with E-state index in [1.165, 1.54) is 0 Å². The van der Waals surface area contributed by atoms with Gasteiger partial charge in [-0.3, -0.25) is 9.59 Å². The molecule has 0 aliphatic heterocycles. The molecule has 2 aromatic rings. The van der Waals surface area contributed by atoms with Crippen molar-refractivity contribution in [1.29, 1.82) is 0 Å². The van der Waals surface area contributed by atoms with Gasteiger partial charge in [0.25, 0.3) is 0 Å². The molecular formula is C20H25N3O3. The lowest BCUT2D eigenvalue weighted by molar-refractivity contribution is -0.128. The summed E-state index contributed by atoms with van der Waals surface area (Å²) >= 11 is 0. The van der Waals surface area contributed by atoms with Gasteiger partial charge in [-0.15, -0.1) is 0 Å². The molecular weight excluding hydrogens is 330 g/mol. The maximum Gasteiger partial charge on any atom is 0.240 e. The Morgan fingerprint density at radius 3 is 2.19 bits per heavy atom. The molecule has 0 radical (unpaired) electrons. The maximum atomic E-state index is 12.4. The molecule has 138 valence electrons. The van der Waals surface area contributed by atoms with Crippen molar-refractivity contribution in [2.45, 2.75) is 38.8 Å². The number of phenolic OH excluding ortho intramolecular Hbond substituents is 1. The van der Waals surface area contributed by atoms with Crippen LogP contribution in [-0.4, -0.2) is 29.0 Å². The van der Waals surface area contributed by atoms with Gasteiger partial charge >= 0.3 is 0 Å². The molecule has 6 heteroatoms. The molecule has 26 heavy (non-hydrogen) atoms. The number of benzene rings is 2. The number of phenols is 1. The highest BCUT2D eigenvalue weighted by molar-refractivity contribution is 5.89. The van der Waals surface area contributed by atoms with Gasteiger partial charge < -0.3 is 21.9 Å². The number of carbonyl (C=O) groups is 2. The number of aromatic hydroxyl groups is 1. The number of aryl methyl sites for hydroxylation is 2. The highest BCUT2D eigenvalue weighted by Gasteiger charge is 2.23. The van der Waals surface area contributed by atoms with Crippen LogP contribution in [0.2, 0.25) is 0 Å². The third kappa shape index (κ3) is 5.07. The zero-order chi connectivity index (χ0) is 19.3. The zero-order valence-electron chi connectivity index (χ0n) is 15.0. The summed E-state index contributed by atoms with van der Waals surface area (Å²) in [6.07, 6.45) is 0.618. The predicted molar refractivity (Wildman–Crippen MR) is 101 cm³/mol. The van der Waals surface area contributed by atoms with E-state index in [0.29, 0.717) is 12.8 Å². The highest BCUT2D eigenvalue weighted by atomic mass is 16.3. The van der Waals surface area contributed by atoms with E-state index in [-0.39, 0.29) is 5.75 Å². The van der Waals surface area contributed by atoms with Gasteiger partial charge in [-0.05, 0) is 54.7 Å². The van der Waals surface area contributed by atoms with Crippen molar-refractivity contribution in [1.82, 2.24) is 5.32 Å². The standard InChI is InChI=1S/C20H25N3O3/c1-12-8-15(24)9-13(2)16(12)11-17(21)20(26)23-18(19(22)25)10-14-6-4-3-5-7-14/h3-9,17-18,24H,10-11,21H2,1-2H3,(H2,22,25)(H,23,26)/t17-,18+/m1/s1. The average molecular weight is 355 g/mol. The minimum atomic E-state index is -0.824. The molecule has 0 aromatic heterocycles. The largest absolute Gasteiger partial charge is 0.508 e. The van der Waals surface area contributed by atoms with Crippen LogP contribution in [-0.2, 0) is 22.4 Å². The summed E-state index contributed by atoms with van der Waals surface area (Å²) in [5, 5.41) is 12.3. The first-order chi connectivity index (χ1) is 12.3. The van der Waals surface area contributed by atoms with Gasteiger partial charge in [-0.2, -0.15) is 0 Å². The van der Waals surface area contributed by atoms with Crippen LogP contribution in [0.15, 0.2) is 42.5 Å². The lowest BCUT2D eigenvalue weighted by Crippen LogP contribution is -2.52. The highest BCUT2D eigenvalue weighted by Crippen LogP contribution is 2.21. The summed E-state index contributed by atoms with van der Waals surface area (Å²) in [7, 11) is 0. The molecule has 0 saturated carbocycles. The number of nitrogens with one attached hydrogen (secondary N) is 1. The second-order valence-corrected chi connectivity index (χ2v) is 6.52. The van der Waals surface area contributed by atoms with Gasteiger partial charge in [0.15, 0.2) is 0 Å². The molecule has 0 bridgehead atoms. The summed E-state index contributed by atoms with van der Waals surface area (Å²) in [6.45, 7) is 3.71. The molecule has 2 rings (SSSR count). The van der Waals surface area contributed by atoms with E-state index in [1.54, 1.807) is 12.1 Å². The van der Waals surface area contributed by atoms with E-state index < -0.39 is 23.9 Å². The molecule has 6 nitrogen and oxygen atoms in total. The van der Waals surface area contributed by atoms with E-state index >= 15 is 0 Å².